The summed E-state index contributed by atoms with van der Waals surface area (Å²) in [6.45, 7) is 2.80. The van der Waals surface area contributed by atoms with E-state index in [2.05, 4.69) is 15.3 Å². The molecule has 3 aromatic rings. The largest absolute Gasteiger partial charge is 0.459 e. The summed E-state index contributed by atoms with van der Waals surface area (Å²) in [5.74, 6) is 0.575. The lowest BCUT2D eigenvalue weighted by atomic mass is 10.2. The molecule has 1 saturated heterocycles. The van der Waals surface area contributed by atoms with Crippen molar-refractivity contribution in [1.29, 1.82) is 0 Å². The molecule has 29 heavy (non-hydrogen) atoms. The second-order valence-electron chi connectivity index (χ2n) is 6.70. The van der Waals surface area contributed by atoms with Crippen LogP contribution < -0.4 is 10.2 Å². The zero-order valence-electron chi connectivity index (χ0n) is 15.8. The van der Waals surface area contributed by atoms with E-state index >= 15 is 0 Å². The lowest BCUT2D eigenvalue weighted by Crippen LogP contribution is -2.49. The maximum Gasteiger partial charge on any atom is 0.289 e. The molecular weight excluding hydrogens is 370 g/mol. The Kier molecular flexibility index (Phi) is 5.51. The summed E-state index contributed by atoms with van der Waals surface area (Å²) in [5.41, 5.74) is 1.44. The van der Waals surface area contributed by atoms with Crippen molar-refractivity contribution in [2.45, 2.75) is 6.54 Å². The maximum absolute atomic E-state index is 12.3. The van der Waals surface area contributed by atoms with E-state index in [1.54, 1.807) is 17.0 Å². The molecule has 1 N–H and O–H groups in total. The molecule has 0 aliphatic carbocycles. The monoisotopic (exact) mass is 391 g/mol. The molecule has 1 aliphatic rings. The summed E-state index contributed by atoms with van der Waals surface area (Å²) < 4.78 is 5.18. The van der Waals surface area contributed by atoms with Gasteiger partial charge in [0.1, 0.15) is 0 Å². The van der Waals surface area contributed by atoms with Crippen LogP contribution in [0.4, 0.5) is 5.95 Å². The van der Waals surface area contributed by atoms with Crippen LogP contribution in [0.2, 0.25) is 0 Å². The van der Waals surface area contributed by atoms with Crippen LogP contribution in [-0.2, 0) is 6.54 Å². The first-order chi connectivity index (χ1) is 14.2. The minimum atomic E-state index is -0.214. The third-order valence-electron chi connectivity index (χ3n) is 4.78. The number of hydrogen-bond donors (Lipinski definition) is 1. The van der Waals surface area contributed by atoms with Crippen LogP contribution in [0.3, 0.4) is 0 Å². The van der Waals surface area contributed by atoms with Gasteiger partial charge in [-0.2, -0.15) is 0 Å². The van der Waals surface area contributed by atoms with Crippen molar-refractivity contribution >= 4 is 17.8 Å². The van der Waals surface area contributed by atoms with E-state index in [4.69, 9.17) is 4.42 Å². The molecule has 1 aliphatic heterocycles. The highest BCUT2D eigenvalue weighted by Gasteiger charge is 2.24. The van der Waals surface area contributed by atoms with Crippen molar-refractivity contribution in [1.82, 2.24) is 20.2 Å². The Hall–Kier alpha value is -3.68. The Labute approximate surface area is 168 Å². The van der Waals surface area contributed by atoms with Gasteiger partial charge >= 0.3 is 0 Å². The number of rotatable bonds is 5. The molecule has 1 fully saturated rings. The van der Waals surface area contributed by atoms with E-state index in [-0.39, 0.29) is 11.8 Å². The van der Waals surface area contributed by atoms with Gasteiger partial charge < -0.3 is 19.5 Å². The average Bonchev–Trinajstić information content (AvgIpc) is 3.33. The number of nitrogens with one attached hydrogen (secondary N) is 1. The molecule has 148 valence electrons. The fourth-order valence-electron chi connectivity index (χ4n) is 3.15. The zero-order chi connectivity index (χ0) is 20.1. The highest BCUT2D eigenvalue weighted by molar-refractivity contribution is 5.93. The number of aromatic nitrogens is 2. The minimum Gasteiger partial charge on any atom is -0.459 e. The number of amides is 2. The average molecular weight is 391 g/mol. The third kappa shape index (κ3) is 4.43. The van der Waals surface area contributed by atoms with Gasteiger partial charge in [-0.3, -0.25) is 9.59 Å². The fourth-order valence-corrected chi connectivity index (χ4v) is 3.15. The first-order valence-electron chi connectivity index (χ1n) is 9.42. The molecule has 0 bridgehead atoms. The number of hydrogen-bond acceptors (Lipinski definition) is 6. The zero-order valence-corrected chi connectivity index (χ0v) is 15.8. The van der Waals surface area contributed by atoms with Crippen LogP contribution >= 0.6 is 0 Å². The Morgan fingerprint density at radius 1 is 0.966 bits per heavy atom. The molecule has 0 radical (unpaired) electrons. The van der Waals surface area contributed by atoms with E-state index in [0.717, 1.165) is 5.56 Å². The third-order valence-corrected chi connectivity index (χ3v) is 4.78. The van der Waals surface area contributed by atoms with Gasteiger partial charge in [0.05, 0.1) is 11.8 Å². The first kappa shape index (κ1) is 18.7. The molecule has 0 unspecified atom stereocenters. The second kappa shape index (κ2) is 8.55. The van der Waals surface area contributed by atoms with Gasteiger partial charge in [-0.05, 0) is 17.7 Å². The van der Waals surface area contributed by atoms with Crippen LogP contribution in [0.15, 0.2) is 65.5 Å². The normalized spacial score (nSPS) is 13.9. The summed E-state index contributed by atoms with van der Waals surface area (Å²) in [7, 11) is 0. The van der Waals surface area contributed by atoms with Gasteiger partial charge in [-0.25, -0.2) is 9.97 Å². The van der Waals surface area contributed by atoms with Crippen LogP contribution in [-0.4, -0.2) is 52.9 Å². The molecule has 3 heterocycles. The molecule has 2 amide bonds. The Morgan fingerprint density at radius 3 is 2.34 bits per heavy atom. The summed E-state index contributed by atoms with van der Waals surface area (Å²) in [6.07, 6.45) is 4.56. The summed E-state index contributed by atoms with van der Waals surface area (Å²) >= 11 is 0. The van der Waals surface area contributed by atoms with Gasteiger partial charge in [0, 0.05) is 45.1 Å². The standard InChI is InChI=1S/C21H21N5O3/c27-19(22-13-16-5-2-1-3-6-16)17-14-23-21(24-15-17)26-10-8-25(9-11-26)20(28)18-7-4-12-29-18/h1-7,12,14-15H,8-11,13H2,(H,22,27). The SMILES string of the molecule is O=C(NCc1ccccc1)c1cnc(N2CCN(C(=O)c3ccco3)CC2)nc1. The molecule has 1 aromatic carbocycles. The predicted molar refractivity (Wildman–Crippen MR) is 106 cm³/mol. The van der Waals surface area contributed by atoms with E-state index in [9.17, 15) is 9.59 Å². The van der Waals surface area contributed by atoms with Crippen LogP contribution in [0.25, 0.3) is 0 Å². The number of benzene rings is 1. The molecule has 0 atom stereocenters. The fraction of sp³-hybridized carbons (Fsp3) is 0.238. The van der Waals surface area contributed by atoms with Gasteiger partial charge in [0.2, 0.25) is 5.95 Å². The lowest BCUT2D eigenvalue weighted by Gasteiger charge is -2.34. The first-order valence-corrected chi connectivity index (χ1v) is 9.42. The predicted octanol–water partition coefficient (Wildman–Crippen LogP) is 1.96. The van der Waals surface area contributed by atoms with Crippen molar-refractivity contribution in [3.05, 3.63) is 78.0 Å². The lowest BCUT2D eigenvalue weighted by molar-refractivity contribution is 0.0714. The van der Waals surface area contributed by atoms with E-state index < -0.39 is 0 Å². The highest BCUT2D eigenvalue weighted by Crippen LogP contribution is 2.14. The topological polar surface area (TPSA) is 91.6 Å². The molecule has 0 saturated carbocycles. The van der Waals surface area contributed by atoms with E-state index in [0.29, 0.717) is 50.0 Å². The van der Waals surface area contributed by atoms with Crippen LogP contribution in [0.1, 0.15) is 26.5 Å². The van der Waals surface area contributed by atoms with Crippen molar-refractivity contribution in [3.63, 3.8) is 0 Å². The molecule has 0 spiro atoms. The second-order valence-corrected chi connectivity index (χ2v) is 6.70. The van der Waals surface area contributed by atoms with Crippen LogP contribution in [0, 0.1) is 0 Å². The number of nitrogens with zero attached hydrogens (tertiary/aromatic N) is 4. The number of anilines is 1. The van der Waals surface area contributed by atoms with Gasteiger partial charge in [0.25, 0.3) is 11.8 Å². The molecule has 2 aromatic heterocycles. The quantitative estimate of drug-likeness (QED) is 0.715. The number of carbonyl (C=O) groups excluding carboxylic acids is 2. The summed E-state index contributed by atoms with van der Waals surface area (Å²) in [4.78, 5) is 37.0. The van der Waals surface area contributed by atoms with E-state index in [1.807, 2.05) is 35.2 Å². The molecule has 8 heteroatoms. The van der Waals surface area contributed by atoms with Crippen molar-refractivity contribution in [3.8, 4) is 0 Å². The highest BCUT2D eigenvalue weighted by atomic mass is 16.3. The van der Waals surface area contributed by atoms with Gasteiger partial charge in [0.15, 0.2) is 5.76 Å². The van der Waals surface area contributed by atoms with Gasteiger partial charge in [-0.1, -0.05) is 30.3 Å². The maximum atomic E-state index is 12.3. The molecule has 4 rings (SSSR count). The smallest absolute Gasteiger partial charge is 0.289 e. The number of piperazine rings is 1. The van der Waals surface area contributed by atoms with Crippen molar-refractivity contribution < 1.29 is 14.0 Å². The van der Waals surface area contributed by atoms with Crippen molar-refractivity contribution in [2.24, 2.45) is 0 Å². The van der Waals surface area contributed by atoms with Crippen LogP contribution in [0.5, 0.6) is 0 Å². The minimum absolute atomic E-state index is 0.110. The Morgan fingerprint density at radius 2 is 1.69 bits per heavy atom. The van der Waals surface area contributed by atoms with Crippen molar-refractivity contribution in [2.75, 3.05) is 31.1 Å². The van der Waals surface area contributed by atoms with E-state index in [1.165, 1.54) is 18.7 Å². The number of furan rings is 1. The molecule has 8 nitrogen and oxygen atoms in total. The van der Waals surface area contributed by atoms with Gasteiger partial charge in [-0.15, -0.1) is 0 Å². The summed E-state index contributed by atoms with van der Waals surface area (Å²) in [5, 5.41) is 2.86. The Balaban J connectivity index is 1.30. The molecular formula is C21H21N5O3. The number of carbonyl (C=O) groups is 2. The Bertz CT molecular complexity index is 950. The summed E-state index contributed by atoms with van der Waals surface area (Å²) in [6, 6.07) is 13.1.